The van der Waals surface area contributed by atoms with Gasteiger partial charge in [0.15, 0.2) is 0 Å². The van der Waals surface area contributed by atoms with Gasteiger partial charge in [0.1, 0.15) is 0 Å². The molecule has 0 aromatic rings. The largest absolute Gasteiger partial charge is 0.347 e. The van der Waals surface area contributed by atoms with E-state index in [1.54, 1.807) is 4.90 Å². The minimum Gasteiger partial charge on any atom is -0.347 e. The van der Waals surface area contributed by atoms with Crippen LogP contribution < -0.4 is 11.1 Å². The maximum absolute atomic E-state index is 11.9. The highest BCUT2D eigenvalue weighted by Gasteiger charge is 2.24. The summed E-state index contributed by atoms with van der Waals surface area (Å²) in [5, 5.41) is 2.53. The summed E-state index contributed by atoms with van der Waals surface area (Å²) in [4.78, 5) is 25.1. The lowest BCUT2D eigenvalue weighted by Gasteiger charge is -2.19. The van der Waals surface area contributed by atoms with E-state index in [1.165, 1.54) is 19.3 Å². The van der Waals surface area contributed by atoms with E-state index in [4.69, 9.17) is 5.73 Å². The molecule has 0 spiro atoms. The second-order valence-electron chi connectivity index (χ2n) is 4.92. The quantitative estimate of drug-likeness (QED) is 0.718. The average molecular weight is 255 g/mol. The van der Waals surface area contributed by atoms with Crippen LogP contribution in [0.3, 0.4) is 0 Å². The summed E-state index contributed by atoms with van der Waals surface area (Å²) in [6, 6.07) is 0. The smallest absolute Gasteiger partial charge is 0.311 e. The Morgan fingerprint density at radius 1 is 1.33 bits per heavy atom. The van der Waals surface area contributed by atoms with Crippen molar-refractivity contribution in [1.29, 1.82) is 0 Å². The molecular formula is C13H25N3O2. The standard InChI is InChI=1S/C13H25N3O2/c1-2-4-11-5-3-9-16(10-6-11)13(18)12(17)15-8-7-14/h11H,2-10,14H2,1H3,(H,15,17). The molecule has 1 heterocycles. The zero-order valence-electron chi connectivity index (χ0n) is 11.3. The summed E-state index contributed by atoms with van der Waals surface area (Å²) in [6.07, 6.45) is 5.60. The van der Waals surface area contributed by atoms with Crippen LogP contribution in [0.25, 0.3) is 0 Å². The Hall–Kier alpha value is -1.10. The molecule has 1 atom stereocenters. The fraction of sp³-hybridized carbons (Fsp3) is 0.846. The first kappa shape index (κ1) is 15.0. The normalized spacial score (nSPS) is 20.3. The molecule has 18 heavy (non-hydrogen) atoms. The van der Waals surface area contributed by atoms with Crippen LogP contribution in [0.2, 0.25) is 0 Å². The Morgan fingerprint density at radius 3 is 2.78 bits per heavy atom. The summed E-state index contributed by atoms with van der Waals surface area (Å²) in [5.41, 5.74) is 5.29. The lowest BCUT2D eigenvalue weighted by atomic mass is 9.96. The van der Waals surface area contributed by atoms with Gasteiger partial charge in [-0.05, 0) is 25.2 Å². The van der Waals surface area contributed by atoms with Gasteiger partial charge in [0.2, 0.25) is 0 Å². The first-order chi connectivity index (χ1) is 8.69. The van der Waals surface area contributed by atoms with Crippen molar-refractivity contribution < 1.29 is 9.59 Å². The molecule has 1 aliphatic heterocycles. The number of nitrogens with two attached hydrogens (primary N) is 1. The highest BCUT2D eigenvalue weighted by molar-refractivity contribution is 6.35. The molecule has 1 unspecified atom stereocenters. The van der Waals surface area contributed by atoms with Crippen LogP contribution in [0, 0.1) is 5.92 Å². The number of likely N-dealkylation sites (tertiary alicyclic amines) is 1. The summed E-state index contributed by atoms with van der Waals surface area (Å²) in [7, 11) is 0. The molecule has 1 fully saturated rings. The predicted molar refractivity (Wildman–Crippen MR) is 70.9 cm³/mol. The minimum atomic E-state index is -0.519. The molecule has 0 radical (unpaired) electrons. The van der Waals surface area contributed by atoms with Crippen molar-refractivity contribution in [3.63, 3.8) is 0 Å². The highest BCUT2D eigenvalue weighted by Crippen LogP contribution is 2.21. The molecule has 5 heteroatoms. The topological polar surface area (TPSA) is 75.4 Å². The van der Waals surface area contributed by atoms with Crippen molar-refractivity contribution in [2.45, 2.75) is 39.0 Å². The molecular weight excluding hydrogens is 230 g/mol. The summed E-state index contributed by atoms with van der Waals surface area (Å²) < 4.78 is 0. The Bertz CT molecular complexity index is 281. The Balaban J connectivity index is 2.41. The Labute approximate surface area is 109 Å². The molecule has 1 rings (SSSR count). The highest BCUT2D eigenvalue weighted by atomic mass is 16.2. The molecule has 1 aliphatic rings. The van der Waals surface area contributed by atoms with E-state index in [1.807, 2.05) is 0 Å². The molecule has 5 nitrogen and oxygen atoms in total. The number of hydrogen-bond donors (Lipinski definition) is 2. The lowest BCUT2D eigenvalue weighted by Crippen LogP contribution is -2.44. The molecule has 0 bridgehead atoms. The third-order valence-corrected chi connectivity index (χ3v) is 3.46. The average Bonchev–Trinajstić information content (AvgIpc) is 2.61. The van der Waals surface area contributed by atoms with Gasteiger partial charge in [0.05, 0.1) is 0 Å². The lowest BCUT2D eigenvalue weighted by molar-refractivity contribution is -0.145. The van der Waals surface area contributed by atoms with E-state index >= 15 is 0 Å². The Kier molecular flexibility index (Phi) is 6.72. The zero-order valence-corrected chi connectivity index (χ0v) is 11.3. The van der Waals surface area contributed by atoms with E-state index in [2.05, 4.69) is 12.2 Å². The van der Waals surface area contributed by atoms with Gasteiger partial charge in [0, 0.05) is 26.2 Å². The Morgan fingerprint density at radius 2 is 2.11 bits per heavy atom. The monoisotopic (exact) mass is 255 g/mol. The third kappa shape index (κ3) is 4.64. The van der Waals surface area contributed by atoms with Crippen molar-refractivity contribution in [3.8, 4) is 0 Å². The van der Waals surface area contributed by atoms with Crippen molar-refractivity contribution >= 4 is 11.8 Å². The van der Waals surface area contributed by atoms with Gasteiger partial charge >= 0.3 is 11.8 Å². The number of rotatable bonds is 4. The van der Waals surface area contributed by atoms with Crippen molar-refractivity contribution in [2.24, 2.45) is 11.7 Å². The first-order valence-electron chi connectivity index (χ1n) is 6.96. The van der Waals surface area contributed by atoms with E-state index in [0.717, 1.165) is 12.8 Å². The second-order valence-corrected chi connectivity index (χ2v) is 4.92. The summed E-state index contributed by atoms with van der Waals surface area (Å²) >= 11 is 0. The van der Waals surface area contributed by atoms with Gasteiger partial charge < -0.3 is 16.0 Å². The predicted octanol–water partition coefficient (Wildman–Crippen LogP) is 0.490. The number of hydrogen-bond acceptors (Lipinski definition) is 3. The van der Waals surface area contributed by atoms with Gasteiger partial charge in [0.25, 0.3) is 0 Å². The van der Waals surface area contributed by atoms with Crippen LogP contribution in [-0.4, -0.2) is 42.9 Å². The number of nitrogens with zero attached hydrogens (tertiary/aromatic N) is 1. The van der Waals surface area contributed by atoms with Gasteiger partial charge in [-0.2, -0.15) is 0 Å². The number of carbonyl (C=O) groups excluding carboxylic acids is 2. The van der Waals surface area contributed by atoms with Crippen LogP contribution in [0.15, 0.2) is 0 Å². The van der Waals surface area contributed by atoms with Gasteiger partial charge in [-0.3, -0.25) is 9.59 Å². The molecule has 104 valence electrons. The fourth-order valence-corrected chi connectivity index (χ4v) is 2.47. The molecule has 0 aliphatic carbocycles. The van der Waals surface area contributed by atoms with Gasteiger partial charge in [-0.15, -0.1) is 0 Å². The van der Waals surface area contributed by atoms with E-state index in [0.29, 0.717) is 32.1 Å². The summed E-state index contributed by atoms with van der Waals surface area (Å²) in [5.74, 6) is -0.213. The van der Waals surface area contributed by atoms with Gasteiger partial charge in [-0.25, -0.2) is 0 Å². The second kappa shape index (κ2) is 8.08. The SMILES string of the molecule is CCCC1CCCN(C(=O)C(=O)NCCN)CC1. The van der Waals surface area contributed by atoms with Crippen molar-refractivity contribution in [2.75, 3.05) is 26.2 Å². The number of amides is 2. The number of nitrogens with one attached hydrogen (secondary N) is 1. The van der Waals surface area contributed by atoms with Crippen LogP contribution in [0.1, 0.15) is 39.0 Å². The maximum Gasteiger partial charge on any atom is 0.311 e. The number of carbonyl (C=O) groups is 2. The third-order valence-electron chi connectivity index (χ3n) is 3.46. The first-order valence-corrected chi connectivity index (χ1v) is 6.96. The molecule has 2 amide bonds. The molecule has 1 saturated heterocycles. The van der Waals surface area contributed by atoms with Crippen LogP contribution in [0.5, 0.6) is 0 Å². The summed E-state index contributed by atoms with van der Waals surface area (Å²) in [6.45, 7) is 4.32. The van der Waals surface area contributed by atoms with Crippen molar-refractivity contribution in [3.05, 3.63) is 0 Å². The maximum atomic E-state index is 11.9. The van der Waals surface area contributed by atoms with Gasteiger partial charge in [-0.1, -0.05) is 19.8 Å². The zero-order chi connectivity index (χ0) is 13.4. The van der Waals surface area contributed by atoms with E-state index in [9.17, 15) is 9.59 Å². The molecule has 3 N–H and O–H groups in total. The molecule has 0 aromatic heterocycles. The van der Waals surface area contributed by atoms with Crippen LogP contribution >= 0.6 is 0 Å². The van der Waals surface area contributed by atoms with Crippen LogP contribution in [-0.2, 0) is 9.59 Å². The fourth-order valence-electron chi connectivity index (χ4n) is 2.47. The minimum absolute atomic E-state index is 0.358. The van der Waals surface area contributed by atoms with E-state index < -0.39 is 11.8 Å². The molecule has 0 aromatic carbocycles. The van der Waals surface area contributed by atoms with E-state index in [-0.39, 0.29) is 0 Å². The van der Waals surface area contributed by atoms with Crippen molar-refractivity contribution in [1.82, 2.24) is 10.2 Å². The van der Waals surface area contributed by atoms with Crippen LogP contribution in [0.4, 0.5) is 0 Å². The molecule has 0 saturated carbocycles.